The van der Waals surface area contributed by atoms with Gasteiger partial charge in [0.05, 0.1) is 5.52 Å². The van der Waals surface area contributed by atoms with E-state index in [0.29, 0.717) is 16.8 Å². The zero-order valence-corrected chi connectivity index (χ0v) is 17.3. The fourth-order valence-electron chi connectivity index (χ4n) is 5.28. The molecule has 0 radical (unpaired) electrons. The van der Waals surface area contributed by atoms with E-state index in [4.69, 9.17) is 0 Å². The SMILES string of the molecule is FC(F)(F)c1ccc2ccccc2n1.c1cc2c3ccc4c5c(ccc42)C(CCC5)c1c3. The van der Waals surface area contributed by atoms with E-state index in [1.54, 1.807) is 35.4 Å². The van der Waals surface area contributed by atoms with Crippen LogP contribution in [0.15, 0.2) is 78.9 Å². The number of rotatable bonds is 0. The summed E-state index contributed by atoms with van der Waals surface area (Å²) in [5.74, 6) is 0.632. The number of fused-ring (bicyclic) bond motifs is 1. The Labute approximate surface area is 183 Å². The molecule has 0 amide bonds. The van der Waals surface area contributed by atoms with Gasteiger partial charge >= 0.3 is 6.18 Å². The summed E-state index contributed by atoms with van der Waals surface area (Å²) in [6.07, 6.45) is -0.471. The van der Waals surface area contributed by atoms with Crippen LogP contribution in [0.25, 0.3) is 32.4 Å². The lowest BCUT2D eigenvalue weighted by Gasteiger charge is -2.26. The molecule has 4 heteroatoms. The quantitative estimate of drug-likeness (QED) is 0.228. The average molecular weight is 427 g/mol. The summed E-state index contributed by atoms with van der Waals surface area (Å²) in [7, 11) is 0. The van der Waals surface area contributed by atoms with Gasteiger partial charge in [-0.15, -0.1) is 0 Å². The van der Waals surface area contributed by atoms with Gasteiger partial charge < -0.3 is 0 Å². The average Bonchev–Trinajstić information content (AvgIpc) is 2.94. The van der Waals surface area contributed by atoms with Gasteiger partial charge in [-0.3, -0.25) is 0 Å². The molecule has 5 aromatic rings. The van der Waals surface area contributed by atoms with E-state index in [-0.39, 0.29) is 0 Å². The van der Waals surface area contributed by atoms with Crippen LogP contribution < -0.4 is 0 Å². The first-order valence-electron chi connectivity index (χ1n) is 10.9. The maximum Gasteiger partial charge on any atom is 0.433 e. The van der Waals surface area contributed by atoms with Crippen LogP contribution in [-0.4, -0.2) is 4.98 Å². The number of hydrogen-bond acceptors (Lipinski definition) is 1. The normalized spacial score (nSPS) is 16.5. The zero-order chi connectivity index (χ0) is 21.9. The number of aromatic nitrogens is 1. The van der Waals surface area contributed by atoms with Gasteiger partial charge in [-0.05, 0) is 69.6 Å². The second kappa shape index (κ2) is 7.06. The molecule has 0 fully saturated rings. The first-order valence-corrected chi connectivity index (χ1v) is 10.9. The molecule has 8 bridgehead atoms. The molecule has 5 aliphatic rings. The van der Waals surface area contributed by atoms with Gasteiger partial charge in [0.15, 0.2) is 0 Å². The van der Waals surface area contributed by atoms with Gasteiger partial charge in [0, 0.05) is 11.3 Å². The number of aryl methyl sites for hydroxylation is 1. The van der Waals surface area contributed by atoms with Gasteiger partial charge in [-0.2, -0.15) is 13.2 Å². The predicted molar refractivity (Wildman–Crippen MR) is 123 cm³/mol. The molecule has 0 spiro atoms. The Bertz CT molecular complexity index is 1500. The second-order valence-electron chi connectivity index (χ2n) is 8.61. The Morgan fingerprint density at radius 1 is 0.750 bits per heavy atom. The van der Waals surface area contributed by atoms with Crippen molar-refractivity contribution < 1.29 is 13.2 Å². The number of hydrogen-bond donors (Lipinski definition) is 0. The molecule has 10 rings (SSSR count). The Morgan fingerprint density at radius 2 is 1.53 bits per heavy atom. The summed E-state index contributed by atoms with van der Waals surface area (Å²) in [6, 6.07) is 25.6. The number of nitrogens with zero attached hydrogens (tertiary/aromatic N) is 1. The number of halogens is 3. The van der Waals surface area contributed by atoms with Crippen molar-refractivity contribution in [2.24, 2.45) is 0 Å². The highest BCUT2D eigenvalue weighted by Gasteiger charge is 2.32. The minimum Gasteiger partial charge on any atom is -0.243 e. The first-order chi connectivity index (χ1) is 15.5. The van der Waals surface area contributed by atoms with Crippen LogP contribution in [-0.2, 0) is 12.6 Å². The molecule has 4 aromatic carbocycles. The molecule has 1 aromatic heterocycles. The van der Waals surface area contributed by atoms with E-state index in [0.717, 1.165) is 6.07 Å². The third kappa shape index (κ3) is 3.05. The molecule has 1 atom stereocenters. The van der Waals surface area contributed by atoms with Crippen molar-refractivity contribution in [3.63, 3.8) is 0 Å². The molecule has 1 heterocycles. The Kier molecular flexibility index (Phi) is 4.26. The summed E-state index contributed by atoms with van der Waals surface area (Å²) >= 11 is 0. The van der Waals surface area contributed by atoms with E-state index in [1.165, 1.54) is 52.4 Å². The molecule has 0 saturated carbocycles. The van der Waals surface area contributed by atoms with E-state index < -0.39 is 11.9 Å². The largest absolute Gasteiger partial charge is 0.433 e. The molecule has 0 saturated heterocycles. The van der Waals surface area contributed by atoms with Crippen molar-refractivity contribution in [1.29, 1.82) is 0 Å². The van der Waals surface area contributed by atoms with E-state index in [2.05, 4.69) is 47.4 Å². The Balaban J connectivity index is 0.000000127. The summed E-state index contributed by atoms with van der Waals surface area (Å²) in [5.41, 5.74) is 4.23. The first kappa shape index (κ1) is 19.3. The number of alkyl halides is 3. The highest BCUT2D eigenvalue weighted by molar-refractivity contribution is 6.09. The van der Waals surface area contributed by atoms with E-state index >= 15 is 0 Å². The van der Waals surface area contributed by atoms with Crippen molar-refractivity contribution in [2.45, 2.75) is 31.4 Å². The summed E-state index contributed by atoms with van der Waals surface area (Å²) in [4.78, 5) is 3.52. The molecule has 0 N–H and O–H groups in total. The van der Waals surface area contributed by atoms with E-state index in [1.807, 2.05) is 0 Å². The highest BCUT2D eigenvalue weighted by Crippen LogP contribution is 2.44. The standard InChI is InChI=1S/C18H14.C10H6F3N/c1-2-13-11-4-6-14-12(10-11)5-7-18-15(3-1)16(13)8-9-17(14)18;11-10(12,13)9-6-5-7-3-1-2-4-8(7)14-9/h4-10,13H,1-3H2;1-6H. The van der Waals surface area contributed by atoms with Crippen LogP contribution in [0.5, 0.6) is 0 Å². The molecule has 1 nitrogen and oxygen atoms in total. The molecule has 158 valence electrons. The Morgan fingerprint density at radius 3 is 2.41 bits per heavy atom. The Hall–Kier alpha value is -3.40. The van der Waals surface area contributed by atoms with Gasteiger partial charge in [0.25, 0.3) is 0 Å². The molecule has 32 heavy (non-hydrogen) atoms. The van der Waals surface area contributed by atoms with Crippen molar-refractivity contribution in [3.8, 4) is 0 Å². The molecular weight excluding hydrogens is 407 g/mol. The fourth-order valence-corrected chi connectivity index (χ4v) is 5.28. The molecule has 0 aliphatic heterocycles. The number of para-hydroxylation sites is 1. The van der Waals surface area contributed by atoms with Crippen LogP contribution in [0.4, 0.5) is 13.2 Å². The van der Waals surface area contributed by atoms with Gasteiger partial charge in [-0.25, -0.2) is 4.98 Å². The van der Waals surface area contributed by atoms with Crippen LogP contribution in [0, 0.1) is 0 Å². The van der Waals surface area contributed by atoms with Gasteiger partial charge in [0.2, 0.25) is 0 Å². The minimum atomic E-state index is -4.37. The maximum absolute atomic E-state index is 12.3. The molecule has 1 unspecified atom stereocenters. The van der Waals surface area contributed by atoms with Crippen molar-refractivity contribution in [2.75, 3.05) is 0 Å². The third-order valence-electron chi connectivity index (χ3n) is 6.77. The van der Waals surface area contributed by atoms with Gasteiger partial charge in [-0.1, -0.05) is 66.7 Å². The van der Waals surface area contributed by atoms with Crippen molar-refractivity contribution in [1.82, 2.24) is 4.98 Å². The maximum atomic E-state index is 12.3. The lowest BCUT2D eigenvalue weighted by atomic mass is 9.78. The lowest BCUT2D eigenvalue weighted by Crippen LogP contribution is -2.10. The van der Waals surface area contributed by atoms with Crippen LogP contribution >= 0.6 is 0 Å². The van der Waals surface area contributed by atoms with Crippen LogP contribution in [0.2, 0.25) is 0 Å². The molecule has 5 aliphatic carbocycles. The number of pyridine rings is 1. The summed E-state index contributed by atoms with van der Waals surface area (Å²) < 4.78 is 36.8. The summed E-state index contributed by atoms with van der Waals surface area (Å²) in [6.45, 7) is 0. The fraction of sp³-hybridized carbons (Fsp3) is 0.179. The minimum absolute atomic E-state index is 0.363. The van der Waals surface area contributed by atoms with E-state index in [9.17, 15) is 13.2 Å². The molecular formula is C28H20F3N. The lowest BCUT2D eigenvalue weighted by molar-refractivity contribution is -0.140. The smallest absolute Gasteiger partial charge is 0.243 e. The monoisotopic (exact) mass is 427 g/mol. The predicted octanol–water partition coefficient (Wildman–Crippen LogP) is 8.03. The van der Waals surface area contributed by atoms with Crippen LogP contribution in [0.3, 0.4) is 0 Å². The summed E-state index contributed by atoms with van der Waals surface area (Å²) in [5, 5.41) is 6.48. The van der Waals surface area contributed by atoms with Crippen molar-refractivity contribution in [3.05, 3.63) is 101 Å². The topological polar surface area (TPSA) is 12.9 Å². The van der Waals surface area contributed by atoms with Crippen LogP contribution in [0.1, 0.15) is 41.1 Å². The third-order valence-corrected chi connectivity index (χ3v) is 6.77. The van der Waals surface area contributed by atoms with Crippen molar-refractivity contribution >= 4 is 32.4 Å². The van der Waals surface area contributed by atoms with Gasteiger partial charge in [0.1, 0.15) is 5.69 Å². The highest BCUT2D eigenvalue weighted by atomic mass is 19.4. The zero-order valence-electron chi connectivity index (χ0n) is 17.3. The second-order valence-corrected chi connectivity index (χ2v) is 8.61. The number of benzene rings is 4.